The molecule has 0 aromatic heterocycles. The van der Waals surface area contributed by atoms with Crippen LogP contribution in [0.2, 0.25) is 0 Å². The van der Waals surface area contributed by atoms with E-state index in [0.29, 0.717) is 23.2 Å². The Hall–Kier alpha value is -0.960. The van der Waals surface area contributed by atoms with E-state index in [-0.39, 0.29) is 10.8 Å². The standard InChI is InChI=1S/C16H25BrN2O4S/c1-4-5-10-23-11-6-9-18-16(20)13-7-8-14(17)15(12-13)24(21,22)19(2)3/h7-8,12H,4-6,9-11H2,1-3H3,(H,18,20). The van der Waals surface area contributed by atoms with Gasteiger partial charge in [-0.25, -0.2) is 12.7 Å². The van der Waals surface area contributed by atoms with E-state index in [0.717, 1.165) is 30.2 Å². The number of unbranched alkanes of at least 4 members (excludes halogenated alkanes) is 1. The Bertz CT molecular complexity index is 647. The van der Waals surface area contributed by atoms with Crippen molar-refractivity contribution in [2.45, 2.75) is 31.1 Å². The fourth-order valence-corrected chi connectivity index (χ4v) is 3.71. The van der Waals surface area contributed by atoms with E-state index in [1.807, 2.05) is 0 Å². The Morgan fingerprint density at radius 3 is 2.54 bits per heavy atom. The fourth-order valence-electron chi connectivity index (χ4n) is 1.87. The Labute approximate surface area is 152 Å². The van der Waals surface area contributed by atoms with Gasteiger partial charge in [0.2, 0.25) is 10.0 Å². The minimum atomic E-state index is -3.62. The van der Waals surface area contributed by atoms with Crippen molar-refractivity contribution in [1.29, 1.82) is 0 Å². The van der Waals surface area contributed by atoms with Crippen LogP contribution in [0.1, 0.15) is 36.5 Å². The lowest BCUT2D eigenvalue weighted by atomic mass is 10.2. The molecule has 0 heterocycles. The summed E-state index contributed by atoms with van der Waals surface area (Å²) >= 11 is 3.22. The molecule has 0 saturated carbocycles. The van der Waals surface area contributed by atoms with Crippen molar-refractivity contribution in [2.24, 2.45) is 0 Å². The van der Waals surface area contributed by atoms with Gasteiger partial charge in [-0.05, 0) is 47.0 Å². The lowest BCUT2D eigenvalue weighted by Gasteiger charge is -2.14. The predicted octanol–water partition coefficient (Wildman–Crippen LogP) is 2.64. The number of hydrogen-bond acceptors (Lipinski definition) is 4. The second kappa shape index (κ2) is 10.1. The van der Waals surface area contributed by atoms with Crippen LogP contribution in [0.3, 0.4) is 0 Å². The summed E-state index contributed by atoms with van der Waals surface area (Å²) in [5.74, 6) is -0.300. The van der Waals surface area contributed by atoms with Gasteiger partial charge in [-0.2, -0.15) is 0 Å². The molecular weight excluding hydrogens is 396 g/mol. The summed E-state index contributed by atoms with van der Waals surface area (Å²) in [6.45, 7) is 3.92. The largest absolute Gasteiger partial charge is 0.381 e. The van der Waals surface area contributed by atoms with Gasteiger partial charge in [-0.15, -0.1) is 0 Å². The van der Waals surface area contributed by atoms with Gasteiger partial charge < -0.3 is 10.1 Å². The molecule has 1 aromatic rings. The van der Waals surface area contributed by atoms with Gasteiger partial charge in [0, 0.05) is 43.9 Å². The highest BCUT2D eigenvalue weighted by molar-refractivity contribution is 9.10. The first-order chi connectivity index (χ1) is 11.3. The Morgan fingerprint density at radius 2 is 1.92 bits per heavy atom. The molecule has 0 spiro atoms. The Kier molecular flexibility index (Phi) is 8.90. The first kappa shape index (κ1) is 21.1. The summed E-state index contributed by atoms with van der Waals surface area (Å²) in [5.41, 5.74) is 0.311. The van der Waals surface area contributed by atoms with E-state index in [1.54, 1.807) is 12.1 Å². The number of nitrogens with zero attached hydrogens (tertiary/aromatic N) is 1. The molecule has 0 aliphatic carbocycles. The van der Waals surface area contributed by atoms with Gasteiger partial charge in [0.1, 0.15) is 0 Å². The van der Waals surface area contributed by atoms with Crippen molar-refractivity contribution in [3.63, 3.8) is 0 Å². The van der Waals surface area contributed by atoms with Crippen molar-refractivity contribution < 1.29 is 17.9 Å². The minimum Gasteiger partial charge on any atom is -0.381 e. The van der Waals surface area contributed by atoms with Crippen LogP contribution in [0.4, 0.5) is 0 Å². The molecule has 136 valence electrons. The van der Waals surface area contributed by atoms with E-state index in [2.05, 4.69) is 28.2 Å². The number of nitrogens with one attached hydrogen (secondary N) is 1. The number of carbonyl (C=O) groups excluding carboxylic acids is 1. The summed E-state index contributed by atoms with van der Waals surface area (Å²) in [4.78, 5) is 12.2. The molecule has 24 heavy (non-hydrogen) atoms. The minimum absolute atomic E-state index is 0.0723. The van der Waals surface area contributed by atoms with Crippen LogP contribution < -0.4 is 5.32 Å². The number of amides is 1. The first-order valence-electron chi connectivity index (χ1n) is 7.88. The van der Waals surface area contributed by atoms with Gasteiger partial charge in [-0.3, -0.25) is 4.79 Å². The highest BCUT2D eigenvalue weighted by Gasteiger charge is 2.22. The fraction of sp³-hybridized carbons (Fsp3) is 0.562. The van der Waals surface area contributed by atoms with Crippen LogP contribution in [0.5, 0.6) is 0 Å². The zero-order valence-corrected chi connectivity index (χ0v) is 16.7. The lowest BCUT2D eigenvalue weighted by molar-refractivity contribution is 0.0940. The topological polar surface area (TPSA) is 75.7 Å². The van der Waals surface area contributed by atoms with Crippen molar-refractivity contribution in [1.82, 2.24) is 9.62 Å². The maximum atomic E-state index is 12.3. The third-order valence-electron chi connectivity index (χ3n) is 3.35. The number of hydrogen-bond donors (Lipinski definition) is 1. The quantitative estimate of drug-likeness (QED) is 0.590. The number of carbonyl (C=O) groups is 1. The van der Waals surface area contributed by atoms with Crippen molar-refractivity contribution >= 4 is 31.9 Å². The summed E-state index contributed by atoms with van der Waals surface area (Å²) in [7, 11) is -0.712. The second-order valence-corrected chi connectivity index (χ2v) is 8.48. The molecule has 0 aliphatic rings. The summed E-state index contributed by atoms with van der Waals surface area (Å²) < 4.78 is 31.5. The van der Waals surface area contributed by atoms with Crippen LogP contribution >= 0.6 is 15.9 Å². The number of benzene rings is 1. The van der Waals surface area contributed by atoms with Gasteiger partial charge >= 0.3 is 0 Å². The predicted molar refractivity (Wildman–Crippen MR) is 97.7 cm³/mol. The molecule has 0 atom stereocenters. The third-order valence-corrected chi connectivity index (χ3v) is 6.15. The maximum Gasteiger partial charge on any atom is 0.251 e. The molecule has 1 rings (SSSR count). The highest BCUT2D eigenvalue weighted by atomic mass is 79.9. The molecule has 0 aliphatic heterocycles. The molecule has 0 bridgehead atoms. The van der Waals surface area contributed by atoms with Gasteiger partial charge in [-0.1, -0.05) is 13.3 Å². The normalized spacial score (nSPS) is 11.7. The van der Waals surface area contributed by atoms with E-state index < -0.39 is 10.0 Å². The van der Waals surface area contributed by atoms with Crippen molar-refractivity contribution in [3.05, 3.63) is 28.2 Å². The molecule has 6 nitrogen and oxygen atoms in total. The summed E-state index contributed by atoms with van der Waals surface area (Å²) in [5, 5.41) is 2.77. The van der Waals surface area contributed by atoms with E-state index in [9.17, 15) is 13.2 Å². The molecule has 0 unspecified atom stereocenters. The van der Waals surface area contributed by atoms with Crippen LogP contribution in [0.15, 0.2) is 27.6 Å². The van der Waals surface area contributed by atoms with Crippen LogP contribution in [0.25, 0.3) is 0 Å². The maximum absolute atomic E-state index is 12.3. The molecule has 1 amide bonds. The molecular formula is C16H25BrN2O4S. The van der Waals surface area contributed by atoms with Gasteiger partial charge in [0.05, 0.1) is 4.90 Å². The molecule has 1 N–H and O–H groups in total. The SMILES string of the molecule is CCCCOCCCNC(=O)c1ccc(Br)c(S(=O)(=O)N(C)C)c1. The van der Waals surface area contributed by atoms with Crippen LogP contribution in [0, 0.1) is 0 Å². The van der Waals surface area contributed by atoms with Gasteiger partial charge in [0.25, 0.3) is 5.91 Å². The number of ether oxygens (including phenoxy) is 1. The van der Waals surface area contributed by atoms with E-state index in [4.69, 9.17) is 4.74 Å². The second-order valence-electron chi connectivity index (χ2n) is 5.51. The average Bonchev–Trinajstić information content (AvgIpc) is 2.53. The van der Waals surface area contributed by atoms with Crippen LogP contribution in [-0.4, -0.2) is 52.5 Å². The summed E-state index contributed by atoms with van der Waals surface area (Å²) in [6.07, 6.45) is 2.85. The van der Waals surface area contributed by atoms with Gasteiger partial charge in [0.15, 0.2) is 0 Å². The highest BCUT2D eigenvalue weighted by Crippen LogP contribution is 2.25. The Balaban J connectivity index is 2.63. The molecule has 0 fully saturated rings. The van der Waals surface area contributed by atoms with Crippen LogP contribution in [-0.2, 0) is 14.8 Å². The first-order valence-corrected chi connectivity index (χ1v) is 10.1. The average molecular weight is 421 g/mol. The number of halogens is 1. The third kappa shape index (κ3) is 6.16. The molecule has 1 aromatic carbocycles. The number of sulfonamides is 1. The summed E-state index contributed by atoms with van der Waals surface area (Å²) in [6, 6.07) is 4.54. The zero-order valence-electron chi connectivity index (χ0n) is 14.3. The monoisotopic (exact) mass is 420 g/mol. The van der Waals surface area contributed by atoms with E-state index >= 15 is 0 Å². The Morgan fingerprint density at radius 1 is 1.25 bits per heavy atom. The lowest BCUT2D eigenvalue weighted by Crippen LogP contribution is -2.26. The zero-order chi connectivity index (χ0) is 18.2. The van der Waals surface area contributed by atoms with Crippen molar-refractivity contribution in [3.8, 4) is 0 Å². The molecule has 8 heteroatoms. The van der Waals surface area contributed by atoms with E-state index in [1.165, 1.54) is 20.2 Å². The number of rotatable bonds is 10. The van der Waals surface area contributed by atoms with Crippen molar-refractivity contribution in [2.75, 3.05) is 33.9 Å². The molecule has 0 radical (unpaired) electrons. The smallest absolute Gasteiger partial charge is 0.251 e. The molecule has 0 saturated heterocycles.